The van der Waals surface area contributed by atoms with Gasteiger partial charge in [0, 0.05) is 36.6 Å². The minimum Gasteiger partial charge on any atom is -0.325 e. The lowest BCUT2D eigenvalue weighted by Crippen LogP contribution is -2.22. The summed E-state index contributed by atoms with van der Waals surface area (Å²) in [5.41, 5.74) is 2.99. The number of carbonyl (C=O) groups is 1. The number of benzene rings is 1. The Morgan fingerprint density at radius 1 is 1.21 bits per heavy atom. The fourth-order valence-electron chi connectivity index (χ4n) is 3.28. The van der Waals surface area contributed by atoms with Gasteiger partial charge in [0.15, 0.2) is 5.16 Å². The van der Waals surface area contributed by atoms with Crippen molar-refractivity contribution in [2.45, 2.75) is 25.4 Å². The van der Waals surface area contributed by atoms with Crippen molar-refractivity contribution in [3.63, 3.8) is 0 Å². The summed E-state index contributed by atoms with van der Waals surface area (Å²) in [6, 6.07) is 7.70. The van der Waals surface area contributed by atoms with E-state index in [4.69, 9.17) is 11.6 Å². The standard InChI is InChI=1S/C22H20ClFN6O2S/c1-12-4-7-18-25-13(2)15(21(32)30(18)10-12)9-19-27-28-22(29(19)3)33-11-20(31)26-14-5-6-17(24)16(23)8-14/h4-8,10H,9,11H2,1-3H3,(H,26,31). The molecule has 0 unspecified atom stereocenters. The summed E-state index contributed by atoms with van der Waals surface area (Å²) in [6.45, 7) is 3.72. The second-order valence-electron chi connectivity index (χ2n) is 7.52. The van der Waals surface area contributed by atoms with Gasteiger partial charge in [0.2, 0.25) is 5.91 Å². The first-order chi connectivity index (χ1) is 15.7. The number of hydrogen-bond acceptors (Lipinski definition) is 6. The largest absolute Gasteiger partial charge is 0.325 e. The van der Waals surface area contributed by atoms with Gasteiger partial charge in [-0.05, 0) is 43.7 Å². The second-order valence-corrected chi connectivity index (χ2v) is 8.87. The van der Waals surface area contributed by atoms with Gasteiger partial charge in [-0.1, -0.05) is 29.4 Å². The van der Waals surface area contributed by atoms with Gasteiger partial charge in [-0.2, -0.15) is 0 Å². The van der Waals surface area contributed by atoms with E-state index in [9.17, 15) is 14.0 Å². The number of rotatable bonds is 6. The summed E-state index contributed by atoms with van der Waals surface area (Å²) in [5.74, 6) is -0.199. The molecule has 0 bridgehead atoms. The van der Waals surface area contributed by atoms with Gasteiger partial charge < -0.3 is 9.88 Å². The molecular formula is C22H20ClFN6O2S. The highest BCUT2D eigenvalue weighted by atomic mass is 35.5. The van der Waals surface area contributed by atoms with E-state index in [1.54, 1.807) is 24.7 Å². The first kappa shape index (κ1) is 22.9. The van der Waals surface area contributed by atoms with Crippen molar-refractivity contribution < 1.29 is 9.18 Å². The van der Waals surface area contributed by atoms with Crippen LogP contribution in [0.5, 0.6) is 0 Å². The molecule has 3 aromatic heterocycles. The Bertz CT molecular complexity index is 1430. The third-order valence-electron chi connectivity index (χ3n) is 5.07. The molecule has 4 rings (SSSR count). The van der Waals surface area contributed by atoms with Crippen LogP contribution in [-0.2, 0) is 18.3 Å². The third-order valence-corrected chi connectivity index (χ3v) is 6.38. The summed E-state index contributed by atoms with van der Waals surface area (Å²) in [4.78, 5) is 29.8. The molecule has 1 N–H and O–H groups in total. The molecule has 33 heavy (non-hydrogen) atoms. The van der Waals surface area contributed by atoms with Crippen molar-refractivity contribution in [2.75, 3.05) is 11.1 Å². The molecule has 1 amide bonds. The predicted octanol–water partition coefficient (Wildman–Crippen LogP) is 3.55. The molecule has 0 aliphatic rings. The average molecular weight is 487 g/mol. The number of aromatic nitrogens is 5. The van der Waals surface area contributed by atoms with Crippen molar-refractivity contribution >= 4 is 40.6 Å². The van der Waals surface area contributed by atoms with Crippen molar-refractivity contribution in [1.82, 2.24) is 24.1 Å². The molecule has 1 aromatic carbocycles. The molecule has 0 spiro atoms. The van der Waals surface area contributed by atoms with Gasteiger partial charge in [-0.3, -0.25) is 14.0 Å². The van der Waals surface area contributed by atoms with Crippen LogP contribution in [0.3, 0.4) is 0 Å². The van der Waals surface area contributed by atoms with Crippen LogP contribution >= 0.6 is 23.4 Å². The molecule has 0 atom stereocenters. The highest BCUT2D eigenvalue weighted by molar-refractivity contribution is 7.99. The van der Waals surface area contributed by atoms with Crippen LogP contribution in [0.1, 0.15) is 22.6 Å². The van der Waals surface area contributed by atoms with Gasteiger partial charge in [0.05, 0.1) is 10.8 Å². The summed E-state index contributed by atoms with van der Waals surface area (Å²) >= 11 is 6.94. The van der Waals surface area contributed by atoms with Crippen LogP contribution in [-0.4, -0.2) is 35.8 Å². The van der Waals surface area contributed by atoms with E-state index in [1.165, 1.54) is 34.4 Å². The number of pyridine rings is 1. The van der Waals surface area contributed by atoms with Crippen LogP contribution in [0, 0.1) is 19.7 Å². The Morgan fingerprint density at radius 2 is 2.00 bits per heavy atom. The summed E-state index contributed by atoms with van der Waals surface area (Å²) in [5, 5.41) is 11.5. The molecule has 0 saturated carbocycles. The zero-order chi connectivity index (χ0) is 23.7. The highest BCUT2D eigenvalue weighted by Crippen LogP contribution is 2.21. The number of carbonyl (C=O) groups excluding carboxylic acids is 1. The number of anilines is 1. The fourth-order valence-corrected chi connectivity index (χ4v) is 4.19. The van der Waals surface area contributed by atoms with Crippen LogP contribution in [0.25, 0.3) is 5.65 Å². The molecule has 0 fully saturated rings. The van der Waals surface area contributed by atoms with E-state index >= 15 is 0 Å². The minimum absolute atomic E-state index is 0.0667. The number of nitrogens with zero attached hydrogens (tertiary/aromatic N) is 5. The summed E-state index contributed by atoms with van der Waals surface area (Å²) in [6.07, 6.45) is 2.03. The number of hydrogen-bond donors (Lipinski definition) is 1. The molecule has 11 heteroatoms. The van der Waals surface area contributed by atoms with E-state index < -0.39 is 5.82 Å². The Kier molecular flexibility index (Phi) is 6.48. The zero-order valence-corrected chi connectivity index (χ0v) is 19.7. The van der Waals surface area contributed by atoms with Gasteiger partial charge in [0.25, 0.3) is 5.56 Å². The molecule has 4 aromatic rings. The normalized spacial score (nSPS) is 11.2. The van der Waals surface area contributed by atoms with Gasteiger partial charge >= 0.3 is 0 Å². The van der Waals surface area contributed by atoms with E-state index in [0.717, 1.165) is 5.56 Å². The Labute approximate surface area is 197 Å². The summed E-state index contributed by atoms with van der Waals surface area (Å²) < 4.78 is 16.5. The molecule has 3 heterocycles. The maximum absolute atomic E-state index is 13.3. The quantitative estimate of drug-likeness (QED) is 0.419. The Hall–Kier alpha value is -3.24. The topological polar surface area (TPSA) is 94.2 Å². The van der Waals surface area contributed by atoms with Crippen molar-refractivity contribution in [3.05, 3.63) is 80.4 Å². The highest BCUT2D eigenvalue weighted by Gasteiger charge is 2.17. The second kappa shape index (κ2) is 9.32. The SMILES string of the molecule is Cc1ccc2nc(C)c(Cc3nnc(SCC(=O)Nc4ccc(F)c(Cl)c4)n3C)c(=O)n2c1. The third kappa shape index (κ3) is 4.91. The smallest absolute Gasteiger partial charge is 0.261 e. The number of aryl methyl sites for hydroxylation is 2. The Balaban J connectivity index is 1.47. The van der Waals surface area contributed by atoms with Crippen molar-refractivity contribution in [3.8, 4) is 0 Å². The number of nitrogens with one attached hydrogen (secondary N) is 1. The van der Waals surface area contributed by atoms with E-state index in [2.05, 4.69) is 20.5 Å². The lowest BCUT2D eigenvalue weighted by Gasteiger charge is -2.09. The number of amides is 1. The molecular weight excluding hydrogens is 467 g/mol. The number of thioether (sulfide) groups is 1. The average Bonchev–Trinajstić information content (AvgIpc) is 3.12. The van der Waals surface area contributed by atoms with Crippen LogP contribution < -0.4 is 10.9 Å². The number of halogens is 2. The maximum atomic E-state index is 13.3. The summed E-state index contributed by atoms with van der Waals surface area (Å²) in [7, 11) is 1.78. The molecule has 0 aliphatic carbocycles. The molecule has 0 saturated heterocycles. The van der Waals surface area contributed by atoms with Gasteiger partial charge in [-0.15, -0.1) is 10.2 Å². The van der Waals surface area contributed by atoms with Crippen LogP contribution in [0.15, 0.2) is 46.5 Å². The molecule has 8 nitrogen and oxygen atoms in total. The van der Waals surface area contributed by atoms with E-state index in [-0.39, 0.29) is 28.7 Å². The first-order valence-corrected chi connectivity index (χ1v) is 11.3. The maximum Gasteiger partial charge on any atom is 0.261 e. The van der Waals surface area contributed by atoms with E-state index in [0.29, 0.717) is 33.6 Å². The van der Waals surface area contributed by atoms with E-state index in [1.807, 2.05) is 19.1 Å². The van der Waals surface area contributed by atoms with Crippen molar-refractivity contribution in [1.29, 1.82) is 0 Å². The fraction of sp³-hybridized carbons (Fsp3) is 0.227. The van der Waals surface area contributed by atoms with Gasteiger partial charge in [0.1, 0.15) is 17.3 Å². The first-order valence-electron chi connectivity index (χ1n) is 9.97. The lowest BCUT2D eigenvalue weighted by atomic mass is 10.1. The van der Waals surface area contributed by atoms with Crippen molar-refractivity contribution in [2.24, 2.45) is 7.05 Å². The predicted molar refractivity (Wildman–Crippen MR) is 126 cm³/mol. The van der Waals surface area contributed by atoms with Crippen LogP contribution in [0.4, 0.5) is 10.1 Å². The Morgan fingerprint density at radius 3 is 2.76 bits per heavy atom. The molecule has 0 aliphatic heterocycles. The molecule has 170 valence electrons. The minimum atomic E-state index is -0.553. The zero-order valence-electron chi connectivity index (χ0n) is 18.1. The monoisotopic (exact) mass is 486 g/mol. The van der Waals surface area contributed by atoms with Gasteiger partial charge in [-0.25, -0.2) is 9.37 Å². The number of fused-ring (bicyclic) bond motifs is 1. The van der Waals surface area contributed by atoms with Crippen LogP contribution in [0.2, 0.25) is 5.02 Å². The lowest BCUT2D eigenvalue weighted by molar-refractivity contribution is -0.113. The molecule has 0 radical (unpaired) electrons.